The van der Waals surface area contributed by atoms with Crippen LogP contribution in [0.3, 0.4) is 0 Å². The van der Waals surface area contributed by atoms with Gasteiger partial charge >= 0.3 is 0 Å². The average molecular weight is 703 g/mol. The standard InChI is InChI=1S/C44H26N6S2/c1-2-10-30(11-3-1)49-38-15-7-4-12-33(38)46-42(49)29-20-23-41(45-26-29)50-36-21-18-27(43-47-34-13-5-8-16-39(34)51-43)24-31(36)32-25-28(19-22-37(32)50)44-48-35-14-6-9-17-40(35)52-44/h1-26H. The first-order chi connectivity index (χ1) is 25.7. The molecule has 52 heavy (non-hydrogen) atoms. The number of aromatic nitrogens is 6. The predicted molar refractivity (Wildman–Crippen MR) is 216 cm³/mol. The van der Waals surface area contributed by atoms with E-state index in [0.717, 1.165) is 87.9 Å². The van der Waals surface area contributed by atoms with Gasteiger partial charge < -0.3 is 0 Å². The second kappa shape index (κ2) is 11.5. The number of hydrogen-bond acceptors (Lipinski definition) is 6. The highest BCUT2D eigenvalue weighted by molar-refractivity contribution is 7.22. The quantitative estimate of drug-likeness (QED) is 0.179. The third-order valence-electron chi connectivity index (χ3n) is 9.66. The molecule has 11 rings (SSSR count). The summed E-state index contributed by atoms with van der Waals surface area (Å²) in [6.45, 7) is 0. The minimum Gasteiger partial charge on any atom is -0.294 e. The lowest BCUT2D eigenvalue weighted by atomic mass is 10.1. The van der Waals surface area contributed by atoms with E-state index in [1.54, 1.807) is 22.7 Å². The van der Waals surface area contributed by atoms with Crippen LogP contribution in [0.25, 0.3) is 97.3 Å². The Morgan fingerprint density at radius 1 is 0.423 bits per heavy atom. The van der Waals surface area contributed by atoms with Gasteiger partial charge in [-0.25, -0.2) is 19.9 Å². The fourth-order valence-corrected chi connectivity index (χ4v) is 9.16. The third kappa shape index (κ3) is 4.62. The monoisotopic (exact) mass is 702 g/mol. The Balaban J connectivity index is 1.09. The van der Waals surface area contributed by atoms with Gasteiger partial charge in [-0.05, 0) is 97.1 Å². The minimum absolute atomic E-state index is 0.839. The third-order valence-corrected chi connectivity index (χ3v) is 11.8. The number of fused-ring (bicyclic) bond motifs is 6. The number of thiazole rings is 2. The molecule has 6 nitrogen and oxygen atoms in total. The van der Waals surface area contributed by atoms with Crippen molar-refractivity contribution in [2.45, 2.75) is 0 Å². The first-order valence-corrected chi connectivity index (χ1v) is 18.7. The fraction of sp³-hybridized carbons (Fsp3) is 0. The van der Waals surface area contributed by atoms with Crippen molar-refractivity contribution in [2.75, 3.05) is 0 Å². The van der Waals surface area contributed by atoms with Crippen LogP contribution in [0.1, 0.15) is 0 Å². The molecule has 8 heteroatoms. The second-order valence-corrected chi connectivity index (χ2v) is 14.8. The number of hydrogen-bond donors (Lipinski definition) is 0. The summed E-state index contributed by atoms with van der Waals surface area (Å²) >= 11 is 3.45. The Morgan fingerprint density at radius 2 is 0.981 bits per heavy atom. The molecule has 6 aromatic carbocycles. The number of benzene rings is 6. The van der Waals surface area contributed by atoms with Gasteiger partial charge in [0, 0.05) is 39.3 Å². The summed E-state index contributed by atoms with van der Waals surface area (Å²) in [7, 11) is 0. The molecule has 244 valence electrons. The van der Waals surface area contributed by atoms with Crippen molar-refractivity contribution in [3.8, 4) is 44.0 Å². The number of rotatable bonds is 5. The zero-order valence-corrected chi connectivity index (χ0v) is 29.1. The summed E-state index contributed by atoms with van der Waals surface area (Å²) in [5.74, 6) is 1.70. The molecule has 0 bridgehead atoms. The van der Waals surface area contributed by atoms with Crippen LogP contribution in [0, 0.1) is 0 Å². The average Bonchev–Trinajstić information content (AvgIpc) is 3.99. The van der Waals surface area contributed by atoms with Crippen LogP contribution in [0.2, 0.25) is 0 Å². The van der Waals surface area contributed by atoms with E-state index in [1.807, 2.05) is 30.5 Å². The maximum atomic E-state index is 5.11. The van der Waals surface area contributed by atoms with Crippen LogP contribution < -0.4 is 0 Å². The van der Waals surface area contributed by atoms with Crippen molar-refractivity contribution in [3.05, 3.63) is 158 Å². The Bertz CT molecular complexity index is 2930. The van der Waals surface area contributed by atoms with Gasteiger partial charge in [-0.15, -0.1) is 22.7 Å². The zero-order chi connectivity index (χ0) is 34.2. The minimum atomic E-state index is 0.839. The van der Waals surface area contributed by atoms with Crippen molar-refractivity contribution >= 4 is 75.9 Å². The first-order valence-electron chi connectivity index (χ1n) is 17.0. The molecule has 5 heterocycles. The summed E-state index contributed by atoms with van der Waals surface area (Å²) in [5.41, 5.74) is 10.4. The smallest absolute Gasteiger partial charge is 0.147 e. The summed E-state index contributed by atoms with van der Waals surface area (Å²) in [6, 6.07) is 52.9. The Morgan fingerprint density at radius 3 is 1.58 bits per heavy atom. The molecule has 0 N–H and O–H groups in total. The van der Waals surface area contributed by atoms with E-state index in [0.29, 0.717) is 0 Å². The van der Waals surface area contributed by atoms with Gasteiger partial charge in [0.2, 0.25) is 0 Å². The highest BCUT2D eigenvalue weighted by atomic mass is 32.1. The van der Waals surface area contributed by atoms with Crippen LogP contribution in [0.4, 0.5) is 0 Å². The Kier molecular flexibility index (Phi) is 6.49. The highest BCUT2D eigenvalue weighted by Crippen LogP contribution is 2.40. The van der Waals surface area contributed by atoms with Gasteiger partial charge in [-0.2, -0.15) is 0 Å². The lowest BCUT2D eigenvalue weighted by Crippen LogP contribution is -2.00. The number of pyridine rings is 1. The molecule has 0 amide bonds. The number of para-hydroxylation sites is 5. The summed E-state index contributed by atoms with van der Waals surface area (Å²) in [6.07, 6.45) is 1.94. The van der Waals surface area contributed by atoms with Crippen LogP contribution in [0.15, 0.2) is 158 Å². The van der Waals surface area contributed by atoms with Crippen molar-refractivity contribution < 1.29 is 0 Å². The largest absolute Gasteiger partial charge is 0.294 e. The Hall–Kier alpha value is -6.48. The molecule has 0 fully saturated rings. The van der Waals surface area contributed by atoms with E-state index in [2.05, 4.69) is 137 Å². The summed E-state index contributed by atoms with van der Waals surface area (Å²) in [4.78, 5) is 20.2. The van der Waals surface area contributed by atoms with Gasteiger partial charge in [0.25, 0.3) is 0 Å². The van der Waals surface area contributed by atoms with E-state index in [1.165, 1.54) is 9.40 Å². The molecule has 5 aromatic heterocycles. The van der Waals surface area contributed by atoms with Crippen molar-refractivity contribution in [3.63, 3.8) is 0 Å². The highest BCUT2D eigenvalue weighted by Gasteiger charge is 2.19. The molecular weight excluding hydrogens is 677 g/mol. The van der Waals surface area contributed by atoms with Crippen molar-refractivity contribution in [2.24, 2.45) is 0 Å². The summed E-state index contributed by atoms with van der Waals surface area (Å²) in [5, 5.41) is 4.31. The maximum Gasteiger partial charge on any atom is 0.147 e. The molecule has 0 saturated carbocycles. The molecule has 0 spiro atoms. The molecular formula is C44H26N6S2. The first kappa shape index (κ1) is 29.3. The molecule has 0 aliphatic rings. The normalized spacial score (nSPS) is 11.8. The predicted octanol–water partition coefficient (Wildman–Crippen LogP) is 11.7. The molecule has 0 aliphatic heterocycles. The molecule has 11 aromatic rings. The van der Waals surface area contributed by atoms with E-state index >= 15 is 0 Å². The number of imidazole rings is 1. The lowest BCUT2D eigenvalue weighted by molar-refractivity contribution is 1.06. The van der Waals surface area contributed by atoms with Gasteiger partial charge in [0.1, 0.15) is 21.7 Å². The van der Waals surface area contributed by atoms with Crippen molar-refractivity contribution in [1.29, 1.82) is 0 Å². The second-order valence-electron chi connectivity index (χ2n) is 12.8. The van der Waals surface area contributed by atoms with E-state index in [9.17, 15) is 0 Å². The van der Waals surface area contributed by atoms with Crippen LogP contribution in [-0.2, 0) is 0 Å². The molecule has 0 unspecified atom stereocenters. The maximum absolute atomic E-state index is 5.11. The fourth-order valence-electron chi connectivity index (χ4n) is 7.24. The van der Waals surface area contributed by atoms with Gasteiger partial charge in [0.15, 0.2) is 0 Å². The summed E-state index contributed by atoms with van der Waals surface area (Å²) < 4.78 is 6.84. The van der Waals surface area contributed by atoms with Crippen LogP contribution >= 0.6 is 22.7 Å². The topological polar surface area (TPSA) is 61.4 Å². The van der Waals surface area contributed by atoms with Gasteiger partial charge in [0.05, 0.1) is 42.5 Å². The zero-order valence-electron chi connectivity index (χ0n) is 27.5. The van der Waals surface area contributed by atoms with Crippen LogP contribution in [-0.4, -0.2) is 29.1 Å². The van der Waals surface area contributed by atoms with Gasteiger partial charge in [-0.1, -0.05) is 54.6 Å². The van der Waals surface area contributed by atoms with Gasteiger partial charge in [-0.3, -0.25) is 9.13 Å². The molecule has 0 aliphatic carbocycles. The molecule has 0 atom stereocenters. The molecule has 0 saturated heterocycles. The van der Waals surface area contributed by atoms with Crippen LogP contribution in [0.5, 0.6) is 0 Å². The van der Waals surface area contributed by atoms with Crippen molar-refractivity contribution in [1.82, 2.24) is 29.1 Å². The SMILES string of the molecule is c1ccc(-n2c(-c3ccc(-n4c5ccc(-c6nc7ccccc7s6)cc5c5cc(-c6nc7ccccc7s6)ccc54)nc3)nc3ccccc32)cc1. The number of nitrogens with zero attached hydrogens (tertiary/aromatic N) is 6. The van der Waals surface area contributed by atoms with E-state index in [4.69, 9.17) is 19.9 Å². The van der Waals surface area contributed by atoms with E-state index < -0.39 is 0 Å². The Labute approximate surface area is 305 Å². The van der Waals surface area contributed by atoms with E-state index in [-0.39, 0.29) is 0 Å². The molecule has 0 radical (unpaired) electrons. The lowest BCUT2D eigenvalue weighted by Gasteiger charge is -2.11.